The first kappa shape index (κ1) is 18.9. The molecule has 2 aliphatic carbocycles. The number of nitrogens with zero attached hydrogens (tertiary/aromatic N) is 1. The molecule has 0 heterocycles. The monoisotopic (exact) mass is 341 g/mol. The third-order valence-electron chi connectivity index (χ3n) is 6.37. The van der Waals surface area contributed by atoms with Gasteiger partial charge in [-0.15, -0.1) is 0 Å². The van der Waals surface area contributed by atoms with E-state index in [-0.39, 0.29) is 11.3 Å². The van der Waals surface area contributed by atoms with Crippen molar-refractivity contribution in [2.75, 3.05) is 14.2 Å². The molecule has 2 fully saturated rings. The van der Waals surface area contributed by atoms with E-state index < -0.39 is 0 Å². The third kappa shape index (κ3) is 3.65. The Kier molecular flexibility index (Phi) is 5.92. The lowest BCUT2D eigenvalue weighted by molar-refractivity contribution is -0.162. The Labute approximate surface area is 143 Å². The van der Waals surface area contributed by atoms with E-state index in [2.05, 4.69) is 36.3 Å². The molecule has 0 aromatic rings. The van der Waals surface area contributed by atoms with Crippen molar-refractivity contribution in [3.63, 3.8) is 0 Å². The normalized spacial score (nSPS) is 34.6. The lowest BCUT2D eigenvalue weighted by Crippen LogP contribution is -2.43. The van der Waals surface area contributed by atoms with Crippen LogP contribution in [0, 0.1) is 22.7 Å². The maximum Gasteiger partial charge on any atom is 0.269 e. The first-order chi connectivity index (χ1) is 10.8. The van der Waals surface area contributed by atoms with Crippen molar-refractivity contribution in [1.82, 2.24) is 5.06 Å². The molecular formula is C18H32NO3P. The number of fused-ring (bicyclic) bond motifs is 1. The molecule has 2 aliphatic rings. The van der Waals surface area contributed by atoms with Gasteiger partial charge in [-0.3, -0.25) is 9.63 Å². The second-order valence-corrected chi connectivity index (χ2v) is 8.25. The topological polar surface area (TPSA) is 38.8 Å². The summed E-state index contributed by atoms with van der Waals surface area (Å²) in [6.07, 6.45) is 10.2. The van der Waals surface area contributed by atoms with Crippen molar-refractivity contribution in [3.05, 3.63) is 12.2 Å². The van der Waals surface area contributed by atoms with Crippen molar-refractivity contribution in [2.24, 2.45) is 22.7 Å². The molecule has 0 saturated heterocycles. The van der Waals surface area contributed by atoms with Gasteiger partial charge < -0.3 is 4.52 Å². The highest BCUT2D eigenvalue weighted by atomic mass is 31.0. The van der Waals surface area contributed by atoms with Crippen LogP contribution in [0.15, 0.2) is 12.2 Å². The Hall–Kier alpha value is -0.440. The average Bonchev–Trinajstić information content (AvgIpc) is 2.89. The molecule has 0 radical (unpaired) electrons. The highest BCUT2D eigenvalue weighted by Gasteiger charge is 2.55. The highest BCUT2D eigenvalue weighted by molar-refractivity contribution is 7.09. The Morgan fingerprint density at radius 3 is 2.65 bits per heavy atom. The number of hydroxylamine groups is 2. The summed E-state index contributed by atoms with van der Waals surface area (Å²) < 4.78 is 5.70. The Morgan fingerprint density at radius 1 is 1.35 bits per heavy atom. The van der Waals surface area contributed by atoms with Crippen LogP contribution in [0.5, 0.6) is 0 Å². The summed E-state index contributed by atoms with van der Waals surface area (Å²) >= 11 is 0. The molecule has 0 bridgehead atoms. The zero-order chi connectivity index (χ0) is 17.3. The van der Waals surface area contributed by atoms with Crippen LogP contribution in [0.25, 0.3) is 0 Å². The minimum atomic E-state index is -0.116. The second-order valence-electron chi connectivity index (χ2n) is 7.98. The number of carbonyl (C=O) groups excluding carboxylic acids is 1. The van der Waals surface area contributed by atoms with Crippen LogP contribution in [0.3, 0.4) is 0 Å². The molecule has 23 heavy (non-hydrogen) atoms. The molecular weight excluding hydrogens is 309 g/mol. The van der Waals surface area contributed by atoms with E-state index in [0.717, 1.165) is 0 Å². The summed E-state index contributed by atoms with van der Waals surface area (Å²) in [5, 5.41) is 1.25. The zero-order valence-electron chi connectivity index (χ0n) is 15.2. The van der Waals surface area contributed by atoms with Crippen LogP contribution in [-0.2, 0) is 14.2 Å². The molecule has 2 saturated carbocycles. The van der Waals surface area contributed by atoms with E-state index in [1.54, 1.807) is 13.1 Å². The first-order valence-corrected chi connectivity index (χ1v) is 9.10. The molecule has 0 N–H and O–H groups in total. The van der Waals surface area contributed by atoms with Gasteiger partial charge in [0, 0.05) is 22.6 Å². The minimum absolute atomic E-state index is 0.0173. The van der Waals surface area contributed by atoms with Crippen LogP contribution in [-0.4, -0.2) is 31.2 Å². The quantitative estimate of drug-likeness (QED) is 0.431. The van der Waals surface area contributed by atoms with Gasteiger partial charge in [-0.2, -0.15) is 0 Å². The predicted octanol–water partition coefficient (Wildman–Crippen LogP) is 3.98. The summed E-state index contributed by atoms with van der Waals surface area (Å²) in [4.78, 5) is 16.9. The molecule has 132 valence electrons. The van der Waals surface area contributed by atoms with Crippen LogP contribution in [0.4, 0.5) is 0 Å². The predicted molar refractivity (Wildman–Crippen MR) is 95.5 cm³/mol. The molecule has 5 unspecified atom stereocenters. The van der Waals surface area contributed by atoms with Gasteiger partial charge in [-0.05, 0) is 48.3 Å². The van der Waals surface area contributed by atoms with Crippen LogP contribution in [0.2, 0.25) is 0 Å². The molecule has 0 aliphatic heterocycles. The number of amides is 1. The summed E-state index contributed by atoms with van der Waals surface area (Å²) in [6.45, 7) is 6.95. The van der Waals surface area contributed by atoms with Crippen molar-refractivity contribution in [3.8, 4) is 0 Å². The second kappa shape index (κ2) is 7.21. The number of likely N-dealkylation sites (N-methyl/N-ethyl adjacent to an activating group) is 1. The van der Waals surface area contributed by atoms with Crippen LogP contribution < -0.4 is 0 Å². The molecule has 1 amide bonds. The van der Waals surface area contributed by atoms with Gasteiger partial charge in [0.25, 0.3) is 5.91 Å². The summed E-state index contributed by atoms with van der Waals surface area (Å²) in [5.41, 5.74) is 0.278. The average molecular weight is 341 g/mol. The van der Waals surface area contributed by atoms with E-state index in [0.29, 0.717) is 23.4 Å². The molecule has 4 nitrogen and oxygen atoms in total. The van der Waals surface area contributed by atoms with E-state index >= 15 is 0 Å². The molecule has 2 rings (SSSR count). The van der Waals surface area contributed by atoms with Gasteiger partial charge in [0.05, 0.1) is 13.2 Å². The lowest BCUT2D eigenvalue weighted by Gasteiger charge is -2.48. The molecule has 0 aromatic carbocycles. The van der Waals surface area contributed by atoms with Crippen LogP contribution >= 0.6 is 9.47 Å². The molecule has 5 atom stereocenters. The van der Waals surface area contributed by atoms with E-state index in [4.69, 9.17) is 9.36 Å². The van der Waals surface area contributed by atoms with E-state index in [9.17, 15) is 4.79 Å². The maximum absolute atomic E-state index is 12.0. The zero-order valence-corrected chi connectivity index (χ0v) is 16.3. The number of rotatable bonds is 5. The number of allylic oxidation sites excluding steroid dienone is 1. The fourth-order valence-corrected chi connectivity index (χ4v) is 5.43. The third-order valence-corrected chi connectivity index (χ3v) is 6.72. The lowest BCUT2D eigenvalue weighted by atomic mass is 9.58. The van der Waals surface area contributed by atoms with Crippen LogP contribution in [0.1, 0.15) is 52.9 Å². The van der Waals surface area contributed by atoms with E-state index in [1.165, 1.54) is 44.3 Å². The van der Waals surface area contributed by atoms with Gasteiger partial charge in [-0.25, -0.2) is 5.06 Å². The fourth-order valence-electron chi connectivity index (χ4n) is 5.10. The van der Waals surface area contributed by atoms with Gasteiger partial charge >= 0.3 is 0 Å². The van der Waals surface area contributed by atoms with Crippen molar-refractivity contribution < 1.29 is 14.2 Å². The van der Waals surface area contributed by atoms with Gasteiger partial charge in [0.1, 0.15) is 0 Å². The molecule has 0 spiro atoms. The SMILES string of the molecule is CON(C)C(=O)/C=C/C(C)(C)C1CCC2C(OP)CCCC21C. The first-order valence-electron chi connectivity index (χ1n) is 8.63. The van der Waals surface area contributed by atoms with Gasteiger partial charge in [-0.1, -0.05) is 33.3 Å². The Bertz CT molecular complexity index is 465. The van der Waals surface area contributed by atoms with Gasteiger partial charge in [0.15, 0.2) is 0 Å². The standard InChI is InChI=1S/C18H32NO3P/c1-17(2,12-10-16(20)19(4)21-5)15-9-8-13-14(22-23)7-6-11-18(13,15)3/h10,12-15H,6-9,11,23H2,1-5H3/b12-10+. The minimum Gasteiger partial charge on any atom is -0.362 e. The van der Waals surface area contributed by atoms with E-state index in [1.807, 2.05) is 0 Å². The van der Waals surface area contributed by atoms with Crippen molar-refractivity contribution in [1.29, 1.82) is 0 Å². The Morgan fingerprint density at radius 2 is 2.04 bits per heavy atom. The number of hydrogen-bond acceptors (Lipinski definition) is 3. The summed E-state index contributed by atoms with van der Waals surface area (Å²) in [6, 6.07) is 0. The van der Waals surface area contributed by atoms with Crippen molar-refractivity contribution in [2.45, 2.75) is 59.0 Å². The number of hydrogen-bond donors (Lipinski definition) is 0. The largest absolute Gasteiger partial charge is 0.362 e. The molecule has 5 heteroatoms. The number of carbonyl (C=O) groups is 1. The van der Waals surface area contributed by atoms with Gasteiger partial charge in [0.2, 0.25) is 0 Å². The summed E-state index contributed by atoms with van der Waals surface area (Å²) in [5.74, 6) is 1.08. The smallest absolute Gasteiger partial charge is 0.269 e. The van der Waals surface area contributed by atoms with Crippen molar-refractivity contribution >= 4 is 15.4 Å². The molecule has 0 aromatic heterocycles. The maximum atomic E-state index is 12.0. The summed E-state index contributed by atoms with van der Waals surface area (Å²) in [7, 11) is 5.61. The Balaban J connectivity index is 2.17. The highest BCUT2D eigenvalue weighted by Crippen LogP contribution is 2.61. The fraction of sp³-hybridized carbons (Fsp3) is 0.833.